The highest BCUT2D eigenvalue weighted by Gasteiger charge is 2.21. The second kappa shape index (κ2) is 7.66. The first kappa shape index (κ1) is 18.1. The van der Waals surface area contributed by atoms with Crippen molar-refractivity contribution in [2.75, 3.05) is 11.4 Å². The molecule has 0 saturated heterocycles. The summed E-state index contributed by atoms with van der Waals surface area (Å²) in [6.45, 7) is 6.37. The molecule has 0 aliphatic heterocycles. The Kier molecular flexibility index (Phi) is 5.54. The number of thiophene rings is 1. The molecule has 0 radical (unpaired) electrons. The van der Waals surface area contributed by atoms with Gasteiger partial charge in [-0.05, 0) is 43.7 Å². The number of aromatic nitrogens is 1. The van der Waals surface area contributed by atoms with Crippen LogP contribution in [0, 0.1) is 5.92 Å². The van der Waals surface area contributed by atoms with Crippen LogP contribution in [0.3, 0.4) is 0 Å². The van der Waals surface area contributed by atoms with E-state index in [1.807, 2.05) is 18.4 Å². The molecule has 3 rings (SSSR count). The van der Waals surface area contributed by atoms with E-state index in [9.17, 15) is 9.59 Å². The van der Waals surface area contributed by atoms with E-state index in [0.29, 0.717) is 28.2 Å². The highest BCUT2D eigenvalue weighted by Crippen LogP contribution is 2.32. The van der Waals surface area contributed by atoms with Crippen LogP contribution in [0.5, 0.6) is 0 Å². The summed E-state index contributed by atoms with van der Waals surface area (Å²) in [4.78, 5) is 31.9. The monoisotopic (exact) mass is 378 g/mol. The van der Waals surface area contributed by atoms with Crippen molar-refractivity contribution < 1.29 is 14.3 Å². The van der Waals surface area contributed by atoms with Crippen molar-refractivity contribution in [3.05, 3.63) is 32.5 Å². The fraction of sp³-hybridized carbons (Fsp3) is 0.500. The summed E-state index contributed by atoms with van der Waals surface area (Å²) in [6, 6.07) is 1.99. The van der Waals surface area contributed by atoms with E-state index in [0.717, 1.165) is 12.8 Å². The second-order valence-corrected chi connectivity index (χ2v) is 8.34. The van der Waals surface area contributed by atoms with Gasteiger partial charge in [-0.2, -0.15) is 0 Å². The summed E-state index contributed by atoms with van der Waals surface area (Å²) in [6.07, 6.45) is 3.29. The van der Waals surface area contributed by atoms with E-state index in [2.05, 4.69) is 11.9 Å². The van der Waals surface area contributed by atoms with Crippen LogP contribution in [-0.2, 0) is 29.0 Å². The molecule has 0 spiro atoms. The van der Waals surface area contributed by atoms with Gasteiger partial charge in [-0.3, -0.25) is 9.69 Å². The Balaban J connectivity index is 1.61. The van der Waals surface area contributed by atoms with Crippen molar-refractivity contribution in [1.29, 1.82) is 0 Å². The van der Waals surface area contributed by atoms with Crippen LogP contribution in [0.1, 0.15) is 53.0 Å². The molecule has 0 bridgehead atoms. The molecule has 0 fully saturated rings. The smallest absolute Gasteiger partial charge is 0.348 e. The second-order valence-electron chi connectivity index (χ2n) is 6.37. The third-order valence-electron chi connectivity index (χ3n) is 4.35. The van der Waals surface area contributed by atoms with Crippen molar-refractivity contribution >= 4 is 39.7 Å². The predicted molar refractivity (Wildman–Crippen MR) is 100 cm³/mol. The molecule has 7 heteroatoms. The van der Waals surface area contributed by atoms with Crippen LogP contribution in [-0.4, -0.2) is 23.4 Å². The molecule has 5 nitrogen and oxygen atoms in total. The van der Waals surface area contributed by atoms with Gasteiger partial charge in [-0.1, -0.05) is 6.92 Å². The van der Waals surface area contributed by atoms with Crippen LogP contribution in [0.2, 0.25) is 0 Å². The Hall–Kier alpha value is -1.73. The maximum atomic E-state index is 12.3. The Morgan fingerprint density at radius 2 is 2.24 bits per heavy atom. The number of ether oxygens (including phenoxy) is 1. The third-order valence-corrected chi connectivity index (χ3v) is 6.48. The summed E-state index contributed by atoms with van der Waals surface area (Å²) >= 11 is 2.94. The van der Waals surface area contributed by atoms with Gasteiger partial charge in [0.15, 0.2) is 5.13 Å². The third kappa shape index (κ3) is 4.10. The molecule has 2 aromatic heterocycles. The fourth-order valence-electron chi connectivity index (χ4n) is 3.00. The topological polar surface area (TPSA) is 59.5 Å². The van der Waals surface area contributed by atoms with Crippen LogP contribution < -0.4 is 4.90 Å². The first-order valence-corrected chi connectivity index (χ1v) is 10.2. The first-order valence-electron chi connectivity index (χ1n) is 8.49. The van der Waals surface area contributed by atoms with Crippen molar-refractivity contribution in [3.63, 3.8) is 0 Å². The van der Waals surface area contributed by atoms with Crippen LogP contribution in [0.15, 0.2) is 11.4 Å². The molecule has 1 amide bonds. The Morgan fingerprint density at radius 1 is 1.44 bits per heavy atom. The van der Waals surface area contributed by atoms with Gasteiger partial charge in [0.05, 0.1) is 5.69 Å². The zero-order chi connectivity index (χ0) is 18.0. The normalized spacial score (nSPS) is 16.4. The van der Waals surface area contributed by atoms with Crippen molar-refractivity contribution in [2.24, 2.45) is 5.92 Å². The Labute approximate surface area is 155 Å². The molecular weight excluding hydrogens is 356 g/mol. The number of esters is 1. The average molecular weight is 379 g/mol. The van der Waals surface area contributed by atoms with Gasteiger partial charge in [0, 0.05) is 23.7 Å². The number of hydrogen-bond acceptors (Lipinski definition) is 6. The molecule has 1 unspecified atom stereocenters. The number of thiazole rings is 1. The average Bonchev–Trinajstić information content (AvgIpc) is 3.19. The van der Waals surface area contributed by atoms with Gasteiger partial charge in [-0.25, -0.2) is 9.78 Å². The van der Waals surface area contributed by atoms with Crippen LogP contribution >= 0.6 is 22.7 Å². The lowest BCUT2D eigenvalue weighted by atomic mass is 9.90. The maximum absolute atomic E-state index is 12.3. The number of rotatable bonds is 5. The molecular formula is C18H22N2O3S2. The lowest BCUT2D eigenvalue weighted by molar-refractivity contribution is -0.116. The maximum Gasteiger partial charge on any atom is 0.348 e. The minimum Gasteiger partial charge on any atom is -0.455 e. The molecule has 1 aliphatic carbocycles. The van der Waals surface area contributed by atoms with E-state index in [4.69, 9.17) is 4.74 Å². The van der Waals surface area contributed by atoms with Crippen LogP contribution in [0.4, 0.5) is 5.13 Å². The largest absolute Gasteiger partial charge is 0.455 e. The van der Waals surface area contributed by atoms with E-state index >= 15 is 0 Å². The molecule has 134 valence electrons. The summed E-state index contributed by atoms with van der Waals surface area (Å²) in [7, 11) is 0. The molecule has 0 aromatic carbocycles. The standard InChI is InChI=1S/C18H22N2O3S2/c1-4-20(12(3)21)18-19-14(10-24-18)9-23-17(22)16-8-13-7-11(2)5-6-15(13)25-16/h8,10-11H,4-7,9H2,1-3H3. The summed E-state index contributed by atoms with van der Waals surface area (Å²) in [5, 5.41) is 2.47. The summed E-state index contributed by atoms with van der Waals surface area (Å²) in [5.41, 5.74) is 1.97. The first-order chi connectivity index (χ1) is 12.0. The minimum absolute atomic E-state index is 0.0428. The van der Waals surface area contributed by atoms with Gasteiger partial charge in [-0.15, -0.1) is 22.7 Å². The van der Waals surface area contributed by atoms with Gasteiger partial charge in [0.1, 0.15) is 11.5 Å². The number of amides is 1. The zero-order valence-electron chi connectivity index (χ0n) is 14.7. The number of carbonyl (C=O) groups is 2. The molecule has 0 N–H and O–H groups in total. The molecule has 0 saturated carbocycles. The number of hydrogen-bond donors (Lipinski definition) is 0. The fourth-order valence-corrected chi connectivity index (χ4v) is 5.02. The molecule has 25 heavy (non-hydrogen) atoms. The number of aryl methyl sites for hydroxylation is 1. The molecule has 2 aromatic rings. The van der Waals surface area contributed by atoms with E-state index in [1.54, 1.807) is 16.2 Å². The summed E-state index contributed by atoms with van der Waals surface area (Å²) < 4.78 is 5.42. The van der Waals surface area contributed by atoms with Gasteiger partial charge < -0.3 is 4.74 Å². The number of nitrogens with zero attached hydrogens (tertiary/aromatic N) is 2. The van der Waals surface area contributed by atoms with Crippen LogP contribution in [0.25, 0.3) is 0 Å². The number of anilines is 1. The lowest BCUT2D eigenvalue weighted by Crippen LogP contribution is -2.27. The minimum atomic E-state index is -0.291. The van der Waals surface area contributed by atoms with Crippen molar-refractivity contribution in [3.8, 4) is 0 Å². The quantitative estimate of drug-likeness (QED) is 0.736. The molecule has 2 heterocycles. The number of fused-ring (bicyclic) bond motifs is 1. The summed E-state index contributed by atoms with van der Waals surface area (Å²) in [5.74, 6) is 0.349. The molecule has 1 atom stereocenters. The van der Waals surface area contributed by atoms with E-state index in [-0.39, 0.29) is 18.5 Å². The van der Waals surface area contributed by atoms with Gasteiger partial charge >= 0.3 is 5.97 Å². The number of carbonyl (C=O) groups excluding carboxylic acids is 2. The van der Waals surface area contributed by atoms with Crippen molar-refractivity contribution in [1.82, 2.24) is 4.98 Å². The van der Waals surface area contributed by atoms with Gasteiger partial charge in [0.2, 0.25) is 5.91 Å². The SMILES string of the molecule is CCN(C(C)=O)c1nc(COC(=O)c2cc3c(s2)CCC(C)C3)cs1. The highest BCUT2D eigenvalue weighted by molar-refractivity contribution is 7.14. The highest BCUT2D eigenvalue weighted by atomic mass is 32.1. The van der Waals surface area contributed by atoms with E-state index < -0.39 is 0 Å². The van der Waals surface area contributed by atoms with Crippen molar-refractivity contribution in [2.45, 2.75) is 46.6 Å². The Bertz CT molecular complexity index is 781. The van der Waals surface area contributed by atoms with E-state index in [1.165, 1.54) is 35.1 Å². The predicted octanol–water partition coefficient (Wildman–Crippen LogP) is 4.06. The van der Waals surface area contributed by atoms with Gasteiger partial charge in [0.25, 0.3) is 0 Å². The zero-order valence-corrected chi connectivity index (χ0v) is 16.3. The molecule has 1 aliphatic rings. The lowest BCUT2D eigenvalue weighted by Gasteiger charge is -2.16. The Morgan fingerprint density at radius 3 is 2.96 bits per heavy atom.